The van der Waals surface area contributed by atoms with E-state index in [4.69, 9.17) is 27.9 Å². The lowest BCUT2D eigenvalue weighted by molar-refractivity contribution is 0.261. The van der Waals surface area contributed by atoms with Gasteiger partial charge in [0.2, 0.25) is 0 Å². The number of aromatic hydroxyl groups is 1. The molecule has 0 fully saturated rings. The Morgan fingerprint density at radius 2 is 1.45 bits per heavy atom. The number of likely N-dealkylation sites (N-methyl/N-ethyl adjacent to an activating group) is 1. The number of ether oxygens (including phenoxy) is 1. The molecule has 0 aliphatic rings. The van der Waals surface area contributed by atoms with Crippen LogP contribution in [0.25, 0.3) is 11.1 Å². The minimum Gasteiger partial charge on any atom is -0.505 e. The van der Waals surface area contributed by atoms with Crippen molar-refractivity contribution < 1.29 is 9.84 Å². The first-order valence-electron chi connectivity index (χ1n) is 10.3. The minimum atomic E-state index is -0.0944. The predicted molar refractivity (Wildman–Crippen MR) is 131 cm³/mol. The molecule has 0 atom stereocenters. The van der Waals surface area contributed by atoms with E-state index in [0.717, 1.165) is 46.6 Å². The highest BCUT2D eigenvalue weighted by molar-refractivity contribution is 6.37. The Hall–Kier alpha value is -2.46. The third-order valence-electron chi connectivity index (χ3n) is 5.03. The summed E-state index contributed by atoms with van der Waals surface area (Å²) in [5.74, 6) is 0.745. The SMILES string of the molecule is CC/C(=C(\c1ccccc1)c1ccc(OCCN(C)C)cc1)c1cc(Cl)c(O)c(Cl)c1. The van der Waals surface area contributed by atoms with Gasteiger partial charge in [-0.25, -0.2) is 0 Å². The van der Waals surface area contributed by atoms with Crippen molar-refractivity contribution in [1.82, 2.24) is 4.90 Å². The van der Waals surface area contributed by atoms with E-state index in [-0.39, 0.29) is 15.8 Å². The van der Waals surface area contributed by atoms with Crippen LogP contribution in [0.1, 0.15) is 30.0 Å². The molecule has 0 radical (unpaired) electrons. The van der Waals surface area contributed by atoms with Gasteiger partial charge in [-0.05, 0) is 72.6 Å². The average Bonchev–Trinajstić information content (AvgIpc) is 2.76. The minimum absolute atomic E-state index is 0.0944. The van der Waals surface area contributed by atoms with Gasteiger partial charge < -0.3 is 14.7 Å². The van der Waals surface area contributed by atoms with Gasteiger partial charge in [-0.3, -0.25) is 0 Å². The highest BCUT2D eigenvalue weighted by atomic mass is 35.5. The monoisotopic (exact) mass is 455 g/mol. The molecule has 0 saturated carbocycles. The van der Waals surface area contributed by atoms with Crippen LogP contribution in [0.15, 0.2) is 66.7 Å². The molecule has 0 aliphatic carbocycles. The Morgan fingerprint density at radius 3 is 2.00 bits per heavy atom. The fraction of sp³-hybridized carbons (Fsp3) is 0.231. The van der Waals surface area contributed by atoms with Crippen molar-refractivity contribution in [2.75, 3.05) is 27.2 Å². The van der Waals surface area contributed by atoms with Crippen LogP contribution in [0, 0.1) is 0 Å². The second kappa shape index (κ2) is 10.7. The number of phenolic OH excluding ortho intramolecular Hbond substituents is 1. The lowest BCUT2D eigenvalue weighted by Gasteiger charge is -2.18. The molecule has 3 aromatic rings. The summed E-state index contributed by atoms with van der Waals surface area (Å²) in [6.45, 7) is 3.60. The van der Waals surface area contributed by atoms with Crippen LogP contribution in [0.3, 0.4) is 0 Å². The van der Waals surface area contributed by atoms with Gasteiger partial charge in [0.05, 0.1) is 10.0 Å². The number of hydrogen-bond donors (Lipinski definition) is 1. The number of rotatable bonds is 8. The highest BCUT2D eigenvalue weighted by Crippen LogP contribution is 2.40. The zero-order chi connectivity index (χ0) is 22.4. The van der Waals surface area contributed by atoms with Crippen LogP contribution in [0.4, 0.5) is 0 Å². The molecule has 31 heavy (non-hydrogen) atoms. The number of benzene rings is 3. The van der Waals surface area contributed by atoms with Gasteiger partial charge in [0.15, 0.2) is 5.75 Å². The zero-order valence-corrected chi connectivity index (χ0v) is 19.5. The molecule has 0 amide bonds. The van der Waals surface area contributed by atoms with E-state index in [1.807, 2.05) is 44.4 Å². The molecule has 0 heterocycles. The van der Waals surface area contributed by atoms with Crippen LogP contribution < -0.4 is 4.74 Å². The number of nitrogens with zero attached hydrogens (tertiary/aromatic N) is 1. The molecule has 1 N–H and O–H groups in total. The highest BCUT2D eigenvalue weighted by Gasteiger charge is 2.16. The van der Waals surface area contributed by atoms with Gasteiger partial charge in [0, 0.05) is 6.54 Å². The first kappa shape index (κ1) is 23.2. The van der Waals surface area contributed by atoms with Crippen LogP contribution in [-0.2, 0) is 0 Å². The molecular formula is C26H27Cl2NO2. The van der Waals surface area contributed by atoms with Gasteiger partial charge in [-0.2, -0.15) is 0 Å². The normalized spacial score (nSPS) is 12.1. The van der Waals surface area contributed by atoms with E-state index in [2.05, 4.69) is 36.1 Å². The summed E-state index contributed by atoms with van der Waals surface area (Å²) in [5.41, 5.74) is 5.25. The van der Waals surface area contributed by atoms with Crippen LogP contribution >= 0.6 is 23.2 Å². The lowest BCUT2D eigenvalue weighted by Crippen LogP contribution is -2.19. The number of halogens is 2. The first-order valence-corrected chi connectivity index (χ1v) is 11.0. The molecule has 0 saturated heterocycles. The Bertz CT molecular complexity index is 1020. The molecule has 0 spiro atoms. The molecule has 5 heteroatoms. The maximum absolute atomic E-state index is 10.00. The van der Waals surface area contributed by atoms with Crippen LogP contribution in [0.5, 0.6) is 11.5 Å². The van der Waals surface area contributed by atoms with E-state index in [1.165, 1.54) is 0 Å². The van der Waals surface area contributed by atoms with E-state index < -0.39 is 0 Å². The molecule has 0 unspecified atom stereocenters. The summed E-state index contributed by atoms with van der Waals surface area (Å²) in [7, 11) is 4.05. The van der Waals surface area contributed by atoms with Crippen molar-refractivity contribution in [2.24, 2.45) is 0 Å². The average molecular weight is 456 g/mol. The van der Waals surface area contributed by atoms with Gasteiger partial charge >= 0.3 is 0 Å². The summed E-state index contributed by atoms with van der Waals surface area (Å²) in [6.07, 6.45) is 0.767. The Morgan fingerprint density at radius 1 is 0.871 bits per heavy atom. The van der Waals surface area contributed by atoms with Gasteiger partial charge in [0.1, 0.15) is 12.4 Å². The Labute approximate surface area is 194 Å². The van der Waals surface area contributed by atoms with E-state index in [1.54, 1.807) is 12.1 Å². The fourth-order valence-electron chi connectivity index (χ4n) is 3.45. The van der Waals surface area contributed by atoms with Crippen molar-refractivity contribution in [3.63, 3.8) is 0 Å². The smallest absolute Gasteiger partial charge is 0.152 e. The van der Waals surface area contributed by atoms with E-state index in [0.29, 0.717) is 6.61 Å². The second-order valence-corrected chi connectivity index (χ2v) is 8.35. The predicted octanol–water partition coefficient (Wildman–Crippen LogP) is 7.01. The maximum Gasteiger partial charge on any atom is 0.152 e. The van der Waals surface area contributed by atoms with Crippen molar-refractivity contribution >= 4 is 34.3 Å². The molecule has 0 aliphatic heterocycles. The van der Waals surface area contributed by atoms with Crippen molar-refractivity contribution in [2.45, 2.75) is 13.3 Å². The fourth-order valence-corrected chi connectivity index (χ4v) is 3.94. The molecule has 3 aromatic carbocycles. The standard InChI is InChI=1S/C26H27Cl2NO2/c1-4-22(20-16-23(27)26(30)24(28)17-20)25(18-8-6-5-7-9-18)19-10-12-21(13-11-19)31-15-14-29(2)3/h5-13,16-17,30H,4,14-15H2,1-3H3/b25-22-. The molecule has 3 rings (SSSR count). The lowest BCUT2D eigenvalue weighted by atomic mass is 9.88. The van der Waals surface area contributed by atoms with Crippen LogP contribution in [0.2, 0.25) is 10.0 Å². The summed E-state index contributed by atoms with van der Waals surface area (Å²) in [4.78, 5) is 2.09. The number of phenols is 1. The third-order valence-corrected chi connectivity index (χ3v) is 5.61. The van der Waals surface area contributed by atoms with E-state index >= 15 is 0 Å². The third kappa shape index (κ3) is 5.82. The quantitative estimate of drug-likeness (QED) is 0.370. The van der Waals surface area contributed by atoms with Crippen LogP contribution in [-0.4, -0.2) is 37.3 Å². The van der Waals surface area contributed by atoms with Gasteiger partial charge in [0.25, 0.3) is 0 Å². The van der Waals surface area contributed by atoms with E-state index in [9.17, 15) is 5.11 Å². The molecule has 0 bridgehead atoms. The summed E-state index contributed by atoms with van der Waals surface area (Å²) >= 11 is 12.5. The maximum atomic E-state index is 10.00. The summed E-state index contributed by atoms with van der Waals surface area (Å²) in [6, 6.07) is 21.9. The number of hydrogen-bond acceptors (Lipinski definition) is 3. The largest absolute Gasteiger partial charge is 0.505 e. The number of allylic oxidation sites excluding steroid dienone is 1. The van der Waals surface area contributed by atoms with Crippen molar-refractivity contribution in [1.29, 1.82) is 0 Å². The van der Waals surface area contributed by atoms with Crippen molar-refractivity contribution in [3.8, 4) is 11.5 Å². The van der Waals surface area contributed by atoms with Gasteiger partial charge in [-0.15, -0.1) is 0 Å². The summed E-state index contributed by atoms with van der Waals surface area (Å²) < 4.78 is 5.85. The summed E-state index contributed by atoms with van der Waals surface area (Å²) in [5, 5.41) is 10.5. The second-order valence-electron chi connectivity index (χ2n) is 7.54. The zero-order valence-electron chi connectivity index (χ0n) is 18.0. The topological polar surface area (TPSA) is 32.7 Å². The first-order chi connectivity index (χ1) is 14.9. The molecular weight excluding hydrogens is 429 g/mol. The molecule has 162 valence electrons. The Kier molecular flexibility index (Phi) is 8.03. The van der Waals surface area contributed by atoms with Crippen molar-refractivity contribution in [3.05, 3.63) is 93.5 Å². The Balaban J connectivity index is 2.08. The molecule has 0 aromatic heterocycles. The molecule has 3 nitrogen and oxygen atoms in total. The van der Waals surface area contributed by atoms with Gasteiger partial charge in [-0.1, -0.05) is 72.6 Å².